The molecule has 0 heterocycles. The molecule has 2 fully saturated rings. The standard InChI is InChI=1S/C13H24/c1-7-11(5)12(6)10(4)8-13(11,12)9(2)3/h9-10H,7-8H2,1-6H3. The summed E-state index contributed by atoms with van der Waals surface area (Å²) in [6.07, 6.45) is 2.84. The third kappa shape index (κ3) is 0.593. The Bertz CT molecular complexity index is 232. The Balaban J connectivity index is 2.36. The van der Waals surface area contributed by atoms with Crippen LogP contribution < -0.4 is 0 Å². The van der Waals surface area contributed by atoms with Crippen LogP contribution in [0.1, 0.15) is 54.4 Å². The molecule has 4 atom stereocenters. The van der Waals surface area contributed by atoms with E-state index in [-0.39, 0.29) is 0 Å². The molecule has 2 saturated carbocycles. The molecular formula is C13H24. The molecule has 0 aromatic heterocycles. The van der Waals surface area contributed by atoms with Crippen LogP contribution in [0, 0.1) is 28.1 Å². The van der Waals surface area contributed by atoms with E-state index in [9.17, 15) is 0 Å². The molecule has 0 nitrogen and oxygen atoms in total. The molecule has 0 amide bonds. The van der Waals surface area contributed by atoms with Gasteiger partial charge in [-0.3, -0.25) is 0 Å². The summed E-state index contributed by atoms with van der Waals surface area (Å²) in [5.74, 6) is 1.83. The van der Waals surface area contributed by atoms with Crippen LogP contribution in [0.15, 0.2) is 0 Å². The monoisotopic (exact) mass is 180 g/mol. The predicted molar refractivity (Wildman–Crippen MR) is 57.6 cm³/mol. The number of fused-ring (bicyclic) bond motifs is 1. The first-order chi connectivity index (χ1) is 5.88. The van der Waals surface area contributed by atoms with Crippen molar-refractivity contribution in [3.05, 3.63) is 0 Å². The zero-order valence-corrected chi connectivity index (χ0v) is 10.1. The highest BCUT2D eigenvalue weighted by atomic mass is 14.9. The van der Waals surface area contributed by atoms with E-state index in [4.69, 9.17) is 0 Å². The van der Waals surface area contributed by atoms with Crippen molar-refractivity contribution < 1.29 is 0 Å². The van der Waals surface area contributed by atoms with Crippen molar-refractivity contribution in [2.75, 3.05) is 0 Å². The Hall–Kier alpha value is 0. The van der Waals surface area contributed by atoms with Gasteiger partial charge in [0.1, 0.15) is 0 Å². The topological polar surface area (TPSA) is 0 Å². The Morgan fingerprint density at radius 3 is 2.00 bits per heavy atom. The van der Waals surface area contributed by atoms with Crippen LogP contribution in [0.2, 0.25) is 0 Å². The van der Waals surface area contributed by atoms with E-state index in [1.807, 2.05) is 0 Å². The minimum atomic E-state index is 0.646. The van der Waals surface area contributed by atoms with Crippen LogP contribution in [0.25, 0.3) is 0 Å². The summed E-state index contributed by atoms with van der Waals surface area (Å²) in [4.78, 5) is 0. The first kappa shape index (κ1) is 9.55. The quantitative estimate of drug-likeness (QED) is 0.600. The molecule has 2 aliphatic rings. The van der Waals surface area contributed by atoms with Gasteiger partial charge in [-0.25, -0.2) is 0 Å². The maximum Gasteiger partial charge on any atom is -0.0151 e. The SMILES string of the molecule is CCC1(C)C2(C)C(C)CC12C(C)C. The average molecular weight is 180 g/mol. The summed E-state index contributed by atoms with van der Waals surface area (Å²) in [6.45, 7) is 14.7. The van der Waals surface area contributed by atoms with Gasteiger partial charge < -0.3 is 0 Å². The van der Waals surface area contributed by atoms with E-state index in [1.165, 1.54) is 12.8 Å². The lowest BCUT2D eigenvalue weighted by atomic mass is 9.62. The zero-order valence-electron chi connectivity index (χ0n) is 10.1. The maximum atomic E-state index is 2.53. The van der Waals surface area contributed by atoms with Gasteiger partial charge in [0, 0.05) is 0 Å². The molecule has 0 aromatic carbocycles. The Morgan fingerprint density at radius 1 is 1.31 bits per heavy atom. The van der Waals surface area contributed by atoms with E-state index in [0.717, 1.165) is 11.8 Å². The summed E-state index contributed by atoms with van der Waals surface area (Å²) in [5.41, 5.74) is 2.02. The van der Waals surface area contributed by atoms with Crippen molar-refractivity contribution in [1.29, 1.82) is 0 Å². The van der Waals surface area contributed by atoms with Crippen molar-refractivity contribution >= 4 is 0 Å². The van der Waals surface area contributed by atoms with Crippen LogP contribution in [-0.2, 0) is 0 Å². The minimum Gasteiger partial charge on any atom is -0.0648 e. The van der Waals surface area contributed by atoms with Gasteiger partial charge in [-0.2, -0.15) is 0 Å². The molecule has 76 valence electrons. The lowest BCUT2D eigenvalue weighted by molar-refractivity contribution is 0.0617. The summed E-state index contributed by atoms with van der Waals surface area (Å²) in [6, 6.07) is 0. The molecule has 2 rings (SSSR count). The molecule has 0 aliphatic heterocycles. The lowest BCUT2D eigenvalue weighted by Crippen LogP contribution is -2.35. The van der Waals surface area contributed by atoms with Gasteiger partial charge in [0.05, 0.1) is 0 Å². The molecule has 0 bridgehead atoms. The van der Waals surface area contributed by atoms with Crippen molar-refractivity contribution in [3.8, 4) is 0 Å². The van der Waals surface area contributed by atoms with Crippen LogP contribution >= 0.6 is 0 Å². The van der Waals surface area contributed by atoms with Gasteiger partial charge in [-0.1, -0.05) is 41.5 Å². The molecule has 0 spiro atoms. The molecule has 4 unspecified atom stereocenters. The van der Waals surface area contributed by atoms with Crippen molar-refractivity contribution in [2.45, 2.75) is 54.4 Å². The van der Waals surface area contributed by atoms with E-state index in [1.54, 1.807) is 0 Å². The molecule has 0 heteroatoms. The van der Waals surface area contributed by atoms with Gasteiger partial charge in [-0.15, -0.1) is 0 Å². The zero-order chi connectivity index (χ0) is 10.1. The molecule has 0 N–H and O–H groups in total. The summed E-state index contributed by atoms with van der Waals surface area (Å²) in [5, 5.41) is 0. The molecule has 13 heavy (non-hydrogen) atoms. The summed E-state index contributed by atoms with van der Waals surface area (Å²) < 4.78 is 0. The Morgan fingerprint density at radius 2 is 1.85 bits per heavy atom. The van der Waals surface area contributed by atoms with E-state index < -0.39 is 0 Å². The fourth-order valence-corrected chi connectivity index (χ4v) is 5.28. The molecule has 0 saturated heterocycles. The average Bonchev–Trinajstić information content (AvgIpc) is 2.44. The largest absolute Gasteiger partial charge is 0.0648 e. The number of hydrogen-bond donors (Lipinski definition) is 0. The highest BCUT2D eigenvalue weighted by molar-refractivity contribution is 5.35. The van der Waals surface area contributed by atoms with Crippen LogP contribution in [0.4, 0.5) is 0 Å². The second-order valence-electron chi connectivity index (χ2n) is 6.12. The number of rotatable bonds is 2. The Kier molecular flexibility index (Phi) is 1.58. The number of hydrogen-bond acceptors (Lipinski definition) is 0. The Labute approximate surface area is 83.1 Å². The third-order valence-corrected chi connectivity index (χ3v) is 6.30. The molecular weight excluding hydrogens is 156 g/mol. The van der Waals surface area contributed by atoms with Gasteiger partial charge >= 0.3 is 0 Å². The van der Waals surface area contributed by atoms with Crippen molar-refractivity contribution in [1.82, 2.24) is 0 Å². The molecule has 0 aromatic rings. The first-order valence-corrected chi connectivity index (χ1v) is 5.88. The normalized spacial score (nSPS) is 58.8. The molecule has 0 radical (unpaired) electrons. The fourth-order valence-electron chi connectivity index (χ4n) is 5.28. The van der Waals surface area contributed by atoms with Crippen molar-refractivity contribution in [3.63, 3.8) is 0 Å². The van der Waals surface area contributed by atoms with E-state index in [0.29, 0.717) is 16.2 Å². The second kappa shape index (κ2) is 2.15. The van der Waals surface area contributed by atoms with Crippen LogP contribution in [-0.4, -0.2) is 0 Å². The summed E-state index contributed by atoms with van der Waals surface area (Å²) in [7, 11) is 0. The second-order valence-corrected chi connectivity index (χ2v) is 6.12. The lowest BCUT2D eigenvalue weighted by Gasteiger charge is -2.42. The fraction of sp³-hybridized carbons (Fsp3) is 1.00. The molecule has 2 aliphatic carbocycles. The van der Waals surface area contributed by atoms with Gasteiger partial charge in [0.25, 0.3) is 0 Å². The third-order valence-electron chi connectivity index (χ3n) is 6.30. The van der Waals surface area contributed by atoms with Crippen LogP contribution in [0.3, 0.4) is 0 Å². The van der Waals surface area contributed by atoms with E-state index >= 15 is 0 Å². The maximum absolute atomic E-state index is 2.53. The van der Waals surface area contributed by atoms with Gasteiger partial charge in [0.2, 0.25) is 0 Å². The highest BCUT2D eigenvalue weighted by Gasteiger charge is 2.88. The van der Waals surface area contributed by atoms with Crippen molar-refractivity contribution in [2.24, 2.45) is 28.1 Å². The van der Waals surface area contributed by atoms with E-state index in [2.05, 4.69) is 41.5 Å². The van der Waals surface area contributed by atoms with Crippen LogP contribution in [0.5, 0.6) is 0 Å². The summed E-state index contributed by atoms with van der Waals surface area (Å²) >= 11 is 0. The first-order valence-electron chi connectivity index (χ1n) is 5.88. The van der Waals surface area contributed by atoms with Gasteiger partial charge in [-0.05, 0) is 40.9 Å². The highest BCUT2D eigenvalue weighted by Crippen LogP contribution is 2.94. The smallest absolute Gasteiger partial charge is 0.0151 e. The van der Waals surface area contributed by atoms with Gasteiger partial charge in [0.15, 0.2) is 0 Å². The minimum absolute atomic E-state index is 0.646. The predicted octanol–water partition coefficient (Wildman–Crippen LogP) is 4.10.